The molecule has 3 heteroatoms. The van der Waals surface area contributed by atoms with Crippen molar-refractivity contribution < 1.29 is 9.13 Å². The lowest BCUT2D eigenvalue weighted by molar-refractivity contribution is 0.150. The molecule has 0 amide bonds. The zero-order valence-electron chi connectivity index (χ0n) is 15.4. The fraction of sp³-hybridized carbons (Fsp3) is 0.364. The van der Waals surface area contributed by atoms with Crippen molar-refractivity contribution in [2.24, 2.45) is 5.92 Å². The van der Waals surface area contributed by atoms with Gasteiger partial charge in [0.05, 0.1) is 5.54 Å². The van der Waals surface area contributed by atoms with E-state index in [2.05, 4.69) is 58.1 Å². The highest BCUT2D eigenvalue weighted by Gasteiger charge is 2.34. The molecule has 4 rings (SSSR count). The number of hydrogen-bond acceptors (Lipinski definition) is 2. The summed E-state index contributed by atoms with van der Waals surface area (Å²) in [7, 11) is 0. The molecule has 2 heterocycles. The van der Waals surface area contributed by atoms with E-state index in [1.54, 1.807) is 12.1 Å². The maximum Gasteiger partial charge on any atom is 0.128 e. The summed E-state index contributed by atoms with van der Waals surface area (Å²) in [5.41, 5.74) is 6.56. The molecule has 0 aliphatic carbocycles. The molecule has 1 unspecified atom stereocenters. The maximum atomic E-state index is 13.9. The standard InChI is InChI=1S/C22H24FNO/c1-12(2)21-20-15(16-10-14(23)6-9-18(16)25-21)7-8-17-19(20)13(3)11-22(4,5)24-17/h6-12,21,24H,1-5H3. The molecule has 2 aliphatic heterocycles. The van der Waals surface area contributed by atoms with E-state index in [9.17, 15) is 4.39 Å². The van der Waals surface area contributed by atoms with Crippen LogP contribution in [-0.2, 0) is 0 Å². The Morgan fingerprint density at radius 3 is 2.60 bits per heavy atom. The summed E-state index contributed by atoms with van der Waals surface area (Å²) in [6, 6.07) is 9.01. The lowest BCUT2D eigenvalue weighted by atomic mass is 9.79. The minimum absolute atomic E-state index is 0.0470. The van der Waals surface area contributed by atoms with Gasteiger partial charge in [-0.2, -0.15) is 0 Å². The van der Waals surface area contributed by atoms with Gasteiger partial charge in [-0.1, -0.05) is 26.0 Å². The number of ether oxygens (including phenoxy) is 1. The fourth-order valence-electron chi connectivity index (χ4n) is 4.16. The number of nitrogens with one attached hydrogen (secondary N) is 1. The van der Waals surface area contributed by atoms with Crippen LogP contribution in [0.5, 0.6) is 5.75 Å². The van der Waals surface area contributed by atoms with Crippen molar-refractivity contribution in [2.45, 2.75) is 46.3 Å². The van der Waals surface area contributed by atoms with Crippen LogP contribution in [0.25, 0.3) is 16.7 Å². The van der Waals surface area contributed by atoms with Crippen molar-refractivity contribution in [3.8, 4) is 16.9 Å². The molecule has 0 saturated carbocycles. The van der Waals surface area contributed by atoms with E-state index in [4.69, 9.17) is 4.74 Å². The molecule has 0 fully saturated rings. The van der Waals surface area contributed by atoms with Crippen molar-refractivity contribution in [1.29, 1.82) is 0 Å². The normalized spacial score (nSPS) is 20.0. The van der Waals surface area contributed by atoms with Gasteiger partial charge in [0.2, 0.25) is 0 Å². The van der Waals surface area contributed by atoms with E-state index in [1.807, 2.05) is 0 Å². The van der Waals surface area contributed by atoms with Gasteiger partial charge in [0.15, 0.2) is 0 Å². The summed E-state index contributed by atoms with van der Waals surface area (Å²) < 4.78 is 20.2. The predicted molar refractivity (Wildman–Crippen MR) is 101 cm³/mol. The second-order valence-corrected chi connectivity index (χ2v) is 8.05. The molecule has 130 valence electrons. The Labute approximate surface area is 148 Å². The first-order valence-electron chi connectivity index (χ1n) is 8.88. The summed E-state index contributed by atoms with van der Waals surface area (Å²) >= 11 is 0. The first-order chi connectivity index (χ1) is 11.8. The predicted octanol–water partition coefficient (Wildman–Crippen LogP) is 6.19. The smallest absolute Gasteiger partial charge is 0.128 e. The van der Waals surface area contributed by atoms with Crippen LogP contribution >= 0.6 is 0 Å². The average Bonchev–Trinajstić information content (AvgIpc) is 2.51. The first-order valence-corrected chi connectivity index (χ1v) is 8.88. The molecule has 25 heavy (non-hydrogen) atoms. The zero-order chi connectivity index (χ0) is 17.9. The van der Waals surface area contributed by atoms with Gasteiger partial charge < -0.3 is 10.1 Å². The van der Waals surface area contributed by atoms with E-state index in [0.717, 1.165) is 22.6 Å². The molecule has 2 aromatic rings. The van der Waals surface area contributed by atoms with Gasteiger partial charge in [-0.3, -0.25) is 0 Å². The molecule has 1 N–H and O–H groups in total. The minimum Gasteiger partial charge on any atom is -0.485 e. The van der Waals surface area contributed by atoms with Crippen molar-refractivity contribution in [3.05, 3.63) is 53.4 Å². The monoisotopic (exact) mass is 337 g/mol. The zero-order valence-corrected chi connectivity index (χ0v) is 15.4. The summed E-state index contributed by atoms with van der Waals surface area (Å²) in [5, 5.41) is 3.61. The lowest BCUT2D eigenvalue weighted by Gasteiger charge is -2.38. The van der Waals surface area contributed by atoms with Crippen molar-refractivity contribution in [3.63, 3.8) is 0 Å². The van der Waals surface area contributed by atoms with Gasteiger partial charge in [0.1, 0.15) is 17.7 Å². The van der Waals surface area contributed by atoms with E-state index < -0.39 is 0 Å². The number of fused-ring (bicyclic) bond motifs is 5. The fourth-order valence-corrected chi connectivity index (χ4v) is 4.16. The Bertz CT molecular complexity index is 895. The van der Waals surface area contributed by atoms with E-state index in [-0.39, 0.29) is 17.5 Å². The summed E-state index contributed by atoms with van der Waals surface area (Å²) in [6.07, 6.45) is 2.21. The number of halogens is 1. The molecule has 0 radical (unpaired) electrons. The second-order valence-electron chi connectivity index (χ2n) is 8.05. The largest absolute Gasteiger partial charge is 0.485 e. The Kier molecular flexibility index (Phi) is 3.47. The van der Waals surface area contributed by atoms with E-state index in [0.29, 0.717) is 5.92 Å². The quantitative estimate of drug-likeness (QED) is 0.670. The highest BCUT2D eigenvalue weighted by molar-refractivity contribution is 5.89. The van der Waals surface area contributed by atoms with Gasteiger partial charge in [-0.25, -0.2) is 4.39 Å². The minimum atomic E-state index is -0.236. The second kappa shape index (κ2) is 5.35. The third-order valence-corrected chi connectivity index (χ3v) is 5.05. The highest BCUT2D eigenvalue weighted by Crippen LogP contribution is 2.50. The Balaban J connectivity index is 2.02. The molecule has 0 spiro atoms. The van der Waals surface area contributed by atoms with Crippen LogP contribution in [0.3, 0.4) is 0 Å². The van der Waals surface area contributed by atoms with Crippen molar-refractivity contribution in [1.82, 2.24) is 0 Å². The number of benzene rings is 2. The number of allylic oxidation sites excluding steroid dienone is 1. The van der Waals surface area contributed by atoms with Crippen LogP contribution in [0, 0.1) is 11.7 Å². The Morgan fingerprint density at radius 2 is 1.88 bits per heavy atom. The third kappa shape index (κ3) is 2.53. The number of rotatable bonds is 1. The lowest BCUT2D eigenvalue weighted by Crippen LogP contribution is -2.33. The number of hydrogen-bond donors (Lipinski definition) is 1. The molecule has 2 nitrogen and oxygen atoms in total. The molecule has 0 saturated heterocycles. The highest BCUT2D eigenvalue weighted by atomic mass is 19.1. The van der Waals surface area contributed by atoms with Crippen molar-refractivity contribution >= 4 is 11.3 Å². The summed E-state index contributed by atoms with van der Waals surface area (Å²) in [4.78, 5) is 0. The molecule has 2 aliphatic rings. The van der Waals surface area contributed by atoms with Gasteiger partial charge in [-0.15, -0.1) is 0 Å². The van der Waals surface area contributed by atoms with E-state index in [1.165, 1.54) is 22.8 Å². The van der Waals surface area contributed by atoms with Gasteiger partial charge in [0.25, 0.3) is 0 Å². The third-order valence-electron chi connectivity index (χ3n) is 5.05. The van der Waals surface area contributed by atoms with Crippen LogP contribution in [0.2, 0.25) is 0 Å². The Morgan fingerprint density at radius 1 is 1.12 bits per heavy atom. The van der Waals surface area contributed by atoms with Crippen LogP contribution in [-0.4, -0.2) is 5.54 Å². The molecule has 2 aromatic carbocycles. The Hall–Kier alpha value is -2.29. The topological polar surface area (TPSA) is 21.3 Å². The van der Waals surface area contributed by atoms with Gasteiger partial charge in [0, 0.05) is 22.4 Å². The number of anilines is 1. The maximum absolute atomic E-state index is 13.9. The van der Waals surface area contributed by atoms with Crippen LogP contribution in [0.15, 0.2) is 36.4 Å². The van der Waals surface area contributed by atoms with Gasteiger partial charge in [-0.05, 0) is 62.1 Å². The summed E-state index contributed by atoms with van der Waals surface area (Å²) in [6.45, 7) is 10.8. The van der Waals surface area contributed by atoms with Crippen LogP contribution in [0.1, 0.15) is 51.8 Å². The molecule has 1 atom stereocenters. The molecule has 0 aromatic heterocycles. The molecule has 0 bridgehead atoms. The molecular formula is C22H24FNO. The SMILES string of the molecule is CC1=CC(C)(C)Nc2ccc3c(c21)C(C(C)C)Oc1ccc(F)cc1-3. The van der Waals surface area contributed by atoms with Gasteiger partial charge >= 0.3 is 0 Å². The summed E-state index contributed by atoms with van der Waals surface area (Å²) in [5.74, 6) is 0.838. The van der Waals surface area contributed by atoms with Crippen LogP contribution < -0.4 is 10.1 Å². The average molecular weight is 337 g/mol. The van der Waals surface area contributed by atoms with Crippen molar-refractivity contribution in [2.75, 3.05) is 5.32 Å². The molecular weight excluding hydrogens is 313 g/mol. The van der Waals surface area contributed by atoms with Crippen LogP contribution in [0.4, 0.5) is 10.1 Å². The first kappa shape index (κ1) is 16.2. The van der Waals surface area contributed by atoms with E-state index >= 15 is 0 Å².